The van der Waals surface area contributed by atoms with Gasteiger partial charge in [0.1, 0.15) is 0 Å². The second-order valence-corrected chi connectivity index (χ2v) is 5.88. The Kier molecular flexibility index (Phi) is 3.65. The zero-order chi connectivity index (χ0) is 13.2. The summed E-state index contributed by atoms with van der Waals surface area (Å²) in [5.74, 6) is 0. The SMILES string of the molecule is Clc1ccccc1Sc1ccnc2c(Cl)cccc12. The molecular weight excluding hydrogens is 297 g/mol. The molecule has 0 saturated heterocycles. The summed E-state index contributed by atoms with van der Waals surface area (Å²) in [5.41, 5.74) is 0.821. The quantitative estimate of drug-likeness (QED) is 0.603. The maximum Gasteiger partial charge on any atom is 0.0899 e. The van der Waals surface area contributed by atoms with Gasteiger partial charge in [0, 0.05) is 21.4 Å². The lowest BCUT2D eigenvalue weighted by molar-refractivity contribution is 1.34. The fourth-order valence-corrected chi connectivity index (χ4v) is 3.28. The molecule has 0 radical (unpaired) electrons. The van der Waals surface area contributed by atoms with Gasteiger partial charge in [-0.1, -0.05) is 59.2 Å². The third kappa shape index (κ3) is 2.57. The van der Waals surface area contributed by atoms with E-state index in [1.807, 2.05) is 48.5 Å². The molecule has 0 aliphatic rings. The molecule has 0 bridgehead atoms. The normalized spacial score (nSPS) is 10.8. The maximum atomic E-state index is 6.19. The number of aromatic nitrogens is 1. The van der Waals surface area contributed by atoms with Crippen LogP contribution in [0.2, 0.25) is 10.0 Å². The summed E-state index contributed by atoms with van der Waals surface area (Å²) in [6, 6.07) is 15.6. The molecule has 0 aliphatic carbocycles. The Balaban J connectivity index is 2.12. The molecule has 0 atom stereocenters. The summed E-state index contributed by atoms with van der Waals surface area (Å²) < 4.78 is 0. The predicted octanol–water partition coefficient (Wildman–Crippen LogP) is 5.69. The van der Waals surface area contributed by atoms with Gasteiger partial charge in [-0.15, -0.1) is 0 Å². The standard InChI is InChI=1S/C15H9Cl2NS/c16-11-5-1-2-7-14(11)19-13-8-9-18-15-10(13)4-3-6-12(15)17/h1-9H. The topological polar surface area (TPSA) is 12.9 Å². The van der Waals surface area contributed by atoms with E-state index in [2.05, 4.69) is 4.98 Å². The van der Waals surface area contributed by atoms with Gasteiger partial charge >= 0.3 is 0 Å². The zero-order valence-electron chi connectivity index (χ0n) is 9.81. The van der Waals surface area contributed by atoms with Crippen LogP contribution in [-0.2, 0) is 0 Å². The molecule has 0 saturated carbocycles. The van der Waals surface area contributed by atoms with Crippen molar-refractivity contribution in [3.8, 4) is 0 Å². The highest BCUT2D eigenvalue weighted by molar-refractivity contribution is 7.99. The summed E-state index contributed by atoms with van der Waals surface area (Å²) in [4.78, 5) is 6.45. The molecule has 0 N–H and O–H groups in total. The molecule has 0 fully saturated rings. The van der Waals surface area contributed by atoms with E-state index in [1.165, 1.54) is 0 Å². The van der Waals surface area contributed by atoms with Crippen molar-refractivity contribution in [2.45, 2.75) is 9.79 Å². The van der Waals surface area contributed by atoms with Gasteiger partial charge in [-0.25, -0.2) is 0 Å². The summed E-state index contributed by atoms with van der Waals surface area (Å²) in [7, 11) is 0. The second-order valence-electron chi connectivity index (χ2n) is 3.98. The van der Waals surface area contributed by atoms with E-state index in [-0.39, 0.29) is 0 Å². The van der Waals surface area contributed by atoms with E-state index < -0.39 is 0 Å². The van der Waals surface area contributed by atoms with Gasteiger partial charge in [-0.3, -0.25) is 4.98 Å². The number of para-hydroxylation sites is 1. The Morgan fingerprint density at radius 2 is 1.58 bits per heavy atom. The lowest BCUT2D eigenvalue weighted by Gasteiger charge is -2.07. The average molecular weight is 306 g/mol. The Morgan fingerprint density at radius 1 is 0.789 bits per heavy atom. The predicted molar refractivity (Wildman–Crippen MR) is 82.3 cm³/mol. The van der Waals surface area contributed by atoms with Crippen LogP contribution in [0.25, 0.3) is 10.9 Å². The molecule has 0 spiro atoms. The van der Waals surface area contributed by atoms with Crippen molar-refractivity contribution < 1.29 is 0 Å². The van der Waals surface area contributed by atoms with Crippen LogP contribution in [0, 0.1) is 0 Å². The van der Waals surface area contributed by atoms with Crippen molar-refractivity contribution in [2.75, 3.05) is 0 Å². The molecule has 3 aromatic rings. The molecule has 1 aromatic heterocycles. The minimum atomic E-state index is 0.666. The molecule has 94 valence electrons. The van der Waals surface area contributed by atoms with Crippen LogP contribution in [0.3, 0.4) is 0 Å². The Labute approximate surface area is 125 Å². The van der Waals surface area contributed by atoms with E-state index in [0.717, 1.165) is 25.7 Å². The Morgan fingerprint density at radius 3 is 2.42 bits per heavy atom. The molecule has 0 amide bonds. The van der Waals surface area contributed by atoms with Crippen LogP contribution < -0.4 is 0 Å². The van der Waals surface area contributed by atoms with Crippen molar-refractivity contribution in [1.82, 2.24) is 4.98 Å². The molecule has 3 rings (SSSR count). The van der Waals surface area contributed by atoms with Crippen LogP contribution >= 0.6 is 35.0 Å². The molecule has 0 unspecified atom stereocenters. The molecule has 2 aromatic carbocycles. The van der Waals surface area contributed by atoms with E-state index in [4.69, 9.17) is 23.2 Å². The molecule has 1 heterocycles. The Hall–Kier alpha value is -1.22. The number of rotatable bonds is 2. The minimum absolute atomic E-state index is 0.666. The summed E-state index contributed by atoms with van der Waals surface area (Å²) in [6.07, 6.45) is 1.77. The highest BCUT2D eigenvalue weighted by atomic mass is 35.5. The molecule has 4 heteroatoms. The third-order valence-corrected chi connectivity index (χ3v) is 4.64. The fourth-order valence-electron chi connectivity index (χ4n) is 1.85. The van der Waals surface area contributed by atoms with Crippen molar-refractivity contribution in [1.29, 1.82) is 0 Å². The average Bonchev–Trinajstić information content (AvgIpc) is 2.42. The minimum Gasteiger partial charge on any atom is -0.255 e. The molecule has 0 aliphatic heterocycles. The summed E-state index contributed by atoms with van der Waals surface area (Å²) in [6.45, 7) is 0. The van der Waals surface area contributed by atoms with Gasteiger partial charge < -0.3 is 0 Å². The van der Waals surface area contributed by atoms with Gasteiger partial charge in [-0.05, 0) is 24.3 Å². The first-order valence-corrected chi connectivity index (χ1v) is 7.28. The van der Waals surface area contributed by atoms with E-state index in [1.54, 1.807) is 18.0 Å². The highest BCUT2D eigenvalue weighted by Gasteiger charge is 2.08. The van der Waals surface area contributed by atoms with Gasteiger partial charge in [0.05, 0.1) is 15.6 Å². The number of pyridine rings is 1. The zero-order valence-corrected chi connectivity index (χ0v) is 12.1. The van der Waals surface area contributed by atoms with Crippen LogP contribution in [0.4, 0.5) is 0 Å². The highest BCUT2D eigenvalue weighted by Crippen LogP contribution is 2.37. The number of hydrogen-bond acceptors (Lipinski definition) is 2. The van der Waals surface area contributed by atoms with E-state index in [9.17, 15) is 0 Å². The van der Waals surface area contributed by atoms with Crippen LogP contribution in [-0.4, -0.2) is 4.98 Å². The van der Waals surface area contributed by atoms with Crippen molar-refractivity contribution in [3.63, 3.8) is 0 Å². The number of nitrogens with zero attached hydrogens (tertiary/aromatic N) is 1. The van der Waals surface area contributed by atoms with Gasteiger partial charge in [-0.2, -0.15) is 0 Å². The number of halogens is 2. The van der Waals surface area contributed by atoms with Gasteiger partial charge in [0.15, 0.2) is 0 Å². The van der Waals surface area contributed by atoms with Crippen molar-refractivity contribution in [2.24, 2.45) is 0 Å². The second kappa shape index (κ2) is 5.41. The Bertz CT molecular complexity index is 743. The first-order valence-electron chi connectivity index (χ1n) is 5.71. The van der Waals surface area contributed by atoms with Crippen molar-refractivity contribution >= 4 is 45.9 Å². The lowest BCUT2D eigenvalue weighted by atomic mass is 10.2. The van der Waals surface area contributed by atoms with Gasteiger partial charge in [0.25, 0.3) is 0 Å². The monoisotopic (exact) mass is 305 g/mol. The fraction of sp³-hybridized carbons (Fsp3) is 0. The molecular formula is C15H9Cl2NS. The first-order chi connectivity index (χ1) is 9.25. The summed E-state index contributed by atoms with van der Waals surface area (Å²) in [5, 5.41) is 2.46. The smallest absolute Gasteiger partial charge is 0.0899 e. The number of fused-ring (bicyclic) bond motifs is 1. The lowest BCUT2D eigenvalue weighted by Crippen LogP contribution is -1.83. The number of hydrogen-bond donors (Lipinski definition) is 0. The third-order valence-electron chi connectivity index (χ3n) is 2.74. The van der Waals surface area contributed by atoms with Crippen LogP contribution in [0.15, 0.2) is 64.5 Å². The first kappa shape index (κ1) is 12.8. The van der Waals surface area contributed by atoms with Crippen molar-refractivity contribution in [3.05, 3.63) is 64.8 Å². The van der Waals surface area contributed by atoms with E-state index >= 15 is 0 Å². The van der Waals surface area contributed by atoms with E-state index in [0.29, 0.717) is 5.02 Å². The van der Waals surface area contributed by atoms with Crippen LogP contribution in [0.1, 0.15) is 0 Å². The molecule has 1 nitrogen and oxygen atoms in total. The maximum absolute atomic E-state index is 6.19. The summed E-state index contributed by atoms with van der Waals surface area (Å²) >= 11 is 14.0. The largest absolute Gasteiger partial charge is 0.255 e. The van der Waals surface area contributed by atoms with Gasteiger partial charge in [0.2, 0.25) is 0 Å². The number of benzene rings is 2. The van der Waals surface area contributed by atoms with Crippen LogP contribution in [0.5, 0.6) is 0 Å². The molecule has 19 heavy (non-hydrogen) atoms.